The third-order valence-corrected chi connectivity index (χ3v) is 8.10. The molecule has 5 heterocycles. The first kappa shape index (κ1) is 28.9. The Morgan fingerprint density at radius 1 is 1.12 bits per heavy atom. The Morgan fingerprint density at radius 2 is 1.95 bits per heavy atom. The predicted molar refractivity (Wildman–Crippen MR) is 155 cm³/mol. The average Bonchev–Trinajstić information content (AvgIpc) is 3.61. The number of amides is 1. The number of anilines is 1. The first-order valence-electron chi connectivity index (χ1n) is 13.5. The van der Waals surface area contributed by atoms with Crippen LogP contribution in [0.15, 0.2) is 71.2 Å². The Balaban J connectivity index is 1.41. The number of hydrogen-bond acceptors (Lipinski definition) is 7. The smallest absolute Gasteiger partial charge is 0.323 e. The standard InChI is InChI=1S/C28H25Cl2F2N9O2/c1-15-3-2-4-23(20-9-16(7-8-33-20)26-21(36-27(15)43)12-35-41(26)28(31)32)39-14-34-19(11-25(39)42)18-10-17(29)5-6-22(18)40-13-24(30)37-38-40/h5-15,18,22-23,28H,2-4H2,1H3,(H,36,43)/t15-,18?,22?,23-/m0/s1. The lowest BCUT2D eigenvalue weighted by Crippen LogP contribution is -2.29. The van der Waals surface area contributed by atoms with Crippen LogP contribution in [0.4, 0.5) is 14.5 Å². The molecule has 4 aromatic heterocycles. The average molecular weight is 628 g/mol. The lowest BCUT2D eigenvalue weighted by atomic mass is 9.91. The number of halogens is 4. The van der Waals surface area contributed by atoms with E-state index >= 15 is 0 Å². The zero-order chi connectivity index (χ0) is 30.2. The van der Waals surface area contributed by atoms with Gasteiger partial charge in [-0.3, -0.25) is 19.1 Å². The summed E-state index contributed by atoms with van der Waals surface area (Å²) in [4.78, 5) is 35.7. The summed E-state index contributed by atoms with van der Waals surface area (Å²) in [5.74, 6) is -1.15. The third kappa shape index (κ3) is 5.74. The maximum Gasteiger partial charge on any atom is 0.333 e. The molecular weight excluding hydrogens is 603 g/mol. The zero-order valence-corrected chi connectivity index (χ0v) is 24.2. The molecule has 2 aliphatic rings. The molecule has 1 aliphatic heterocycles. The van der Waals surface area contributed by atoms with Gasteiger partial charge < -0.3 is 5.32 Å². The van der Waals surface area contributed by atoms with E-state index in [0.29, 0.717) is 45.9 Å². The number of nitrogens with one attached hydrogen (secondary N) is 1. The normalized spacial score (nSPS) is 22.4. The molecule has 0 radical (unpaired) electrons. The summed E-state index contributed by atoms with van der Waals surface area (Å²) in [6.07, 6.45) is 12.6. The molecule has 11 nitrogen and oxygen atoms in total. The van der Waals surface area contributed by atoms with Crippen molar-refractivity contribution in [1.29, 1.82) is 0 Å². The molecule has 43 heavy (non-hydrogen) atoms. The van der Waals surface area contributed by atoms with E-state index in [1.165, 1.54) is 29.4 Å². The van der Waals surface area contributed by atoms with Crippen molar-refractivity contribution >= 4 is 34.8 Å². The number of allylic oxidation sites excluding steroid dienone is 4. The number of carbonyl (C=O) groups is 1. The van der Waals surface area contributed by atoms with Gasteiger partial charge in [-0.2, -0.15) is 13.9 Å². The van der Waals surface area contributed by atoms with Gasteiger partial charge in [0.15, 0.2) is 5.15 Å². The lowest BCUT2D eigenvalue weighted by Gasteiger charge is -2.26. The van der Waals surface area contributed by atoms with Crippen molar-refractivity contribution in [1.82, 2.24) is 39.3 Å². The highest BCUT2D eigenvalue weighted by Gasteiger charge is 2.29. The summed E-state index contributed by atoms with van der Waals surface area (Å²) >= 11 is 12.3. The molecule has 0 aromatic carbocycles. The number of rotatable bonds is 4. The van der Waals surface area contributed by atoms with E-state index in [2.05, 4.69) is 30.7 Å². The van der Waals surface area contributed by atoms with Crippen LogP contribution in [0.5, 0.6) is 0 Å². The van der Waals surface area contributed by atoms with E-state index in [1.54, 1.807) is 42.1 Å². The monoisotopic (exact) mass is 627 g/mol. The molecule has 2 bridgehead atoms. The number of pyridine rings is 1. The van der Waals surface area contributed by atoms with Gasteiger partial charge in [0.2, 0.25) is 5.91 Å². The largest absolute Gasteiger partial charge is 0.333 e. The van der Waals surface area contributed by atoms with Crippen molar-refractivity contribution in [3.05, 3.63) is 93.3 Å². The second-order valence-electron chi connectivity index (χ2n) is 10.4. The van der Waals surface area contributed by atoms with Crippen LogP contribution in [0.1, 0.15) is 62.1 Å². The summed E-state index contributed by atoms with van der Waals surface area (Å²) in [5.41, 5.74) is 1.20. The van der Waals surface area contributed by atoms with Gasteiger partial charge in [-0.15, -0.1) is 5.10 Å². The molecule has 15 heteroatoms. The summed E-state index contributed by atoms with van der Waals surface area (Å²) in [6.45, 7) is -1.17. The van der Waals surface area contributed by atoms with Gasteiger partial charge in [-0.05, 0) is 31.1 Å². The van der Waals surface area contributed by atoms with Gasteiger partial charge >= 0.3 is 6.55 Å². The summed E-state index contributed by atoms with van der Waals surface area (Å²) in [7, 11) is 0. The van der Waals surface area contributed by atoms with Gasteiger partial charge in [0.25, 0.3) is 5.56 Å². The van der Waals surface area contributed by atoms with Crippen LogP contribution in [0.25, 0.3) is 11.3 Å². The van der Waals surface area contributed by atoms with E-state index in [0.717, 1.165) is 0 Å². The molecule has 1 amide bonds. The maximum atomic E-state index is 13.9. The topological polar surface area (TPSA) is 125 Å². The molecule has 1 aliphatic carbocycles. The first-order valence-corrected chi connectivity index (χ1v) is 14.3. The number of carbonyl (C=O) groups excluding carboxylic acids is 1. The Bertz CT molecular complexity index is 1800. The third-order valence-electron chi connectivity index (χ3n) is 7.68. The van der Waals surface area contributed by atoms with E-state index in [9.17, 15) is 18.4 Å². The predicted octanol–water partition coefficient (Wildman–Crippen LogP) is 5.51. The molecule has 0 saturated heterocycles. The molecular formula is C28H25Cl2F2N9O2. The molecule has 0 fully saturated rings. The molecule has 0 saturated carbocycles. The zero-order valence-electron chi connectivity index (χ0n) is 22.7. The highest BCUT2D eigenvalue weighted by atomic mass is 35.5. The number of fused-ring (bicyclic) bond motifs is 4. The minimum absolute atomic E-state index is 0.0487. The van der Waals surface area contributed by atoms with Crippen LogP contribution in [-0.4, -0.2) is 45.2 Å². The summed E-state index contributed by atoms with van der Waals surface area (Å²) in [5, 5.41) is 15.2. The second kappa shape index (κ2) is 11.8. The Hall–Kier alpha value is -4.23. The van der Waals surface area contributed by atoms with Crippen LogP contribution >= 0.6 is 23.2 Å². The maximum absolute atomic E-state index is 13.9. The fraction of sp³-hybridized carbons (Fsp3) is 0.321. The SMILES string of the molecule is C[C@H]1CCC[C@H](n2cnc(C3C=C(Cl)C=CC3n3cc(Cl)nn3)cc2=O)c2cc(ccn2)-c2c(cnn2C(F)F)NC1=O. The van der Waals surface area contributed by atoms with Crippen LogP contribution in [0, 0.1) is 5.92 Å². The number of hydrogen-bond donors (Lipinski definition) is 1. The Labute approximate surface area is 253 Å². The molecule has 222 valence electrons. The first-order chi connectivity index (χ1) is 20.7. The van der Waals surface area contributed by atoms with Crippen molar-refractivity contribution in [2.75, 3.05) is 5.32 Å². The molecule has 2 unspecified atom stereocenters. The highest BCUT2D eigenvalue weighted by Crippen LogP contribution is 2.37. The summed E-state index contributed by atoms with van der Waals surface area (Å²) in [6, 6.07) is 3.70. The minimum atomic E-state index is -2.94. The van der Waals surface area contributed by atoms with Crippen molar-refractivity contribution < 1.29 is 13.6 Å². The molecule has 1 N–H and O–H groups in total. The number of alkyl halides is 2. The molecule has 4 aromatic rings. The highest BCUT2D eigenvalue weighted by molar-refractivity contribution is 6.31. The molecule has 0 spiro atoms. The minimum Gasteiger partial charge on any atom is -0.323 e. The lowest BCUT2D eigenvalue weighted by molar-refractivity contribution is -0.119. The van der Waals surface area contributed by atoms with Crippen molar-refractivity contribution in [3.63, 3.8) is 0 Å². The van der Waals surface area contributed by atoms with Crippen LogP contribution in [-0.2, 0) is 4.79 Å². The van der Waals surface area contributed by atoms with Gasteiger partial charge in [-0.25, -0.2) is 14.3 Å². The fourth-order valence-electron chi connectivity index (χ4n) is 5.49. The quantitative estimate of drug-likeness (QED) is 0.316. The van der Waals surface area contributed by atoms with Crippen molar-refractivity contribution in [2.45, 2.75) is 50.7 Å². The summed E-state index contributed by atoms with van der Waals surface area (Å²) < 4.78 is 31.4. The van der Waals surface area contributed by atoms with E-state index < -0.39 is 24.4 Å². The Kier molecular flexibility index (Phi) is 7.93. The van der Waals surface area contributed by atoms with Gasteiger partial charge in [0.1, 0.15) is 0 Å². The molecule has 6 rings (SSSR count). The van der Waals surface area contributed by atoms with Gasteiger partial charge in [0, 0.05) is 34.7 Å². The van der Waals surface area contributed by atoms with Crippen LogP contribution < -0.4 is 10.9 Å². The van der Waals surface area contributed by atoms with Gasteiger partial charge in [0.05, 0.1) is 53.6 Å². The second-order valence-corrected chi connectivity index (χ2v) is 11.3. The van der Waals surface area contributed by atoms with Gasteiger partial charge in [-0.1, -0.05) is 53.9 Å². The van der Waals surface area contributed by atoms with E-state index in [4.69, 9.17) is 23.2 Å². The number of aromatic nitrogens is 8. The van der Waals surface area contributed by atoms with Crippen LogP contribution in [0.2, 0.25) is 5.15 Å². The Morgan fingerprint density at radius 3 is 2.70 bits per heavy atom. The number of nitrogens with zero attached hydrogens (tertiary/aromatic N) is 8. The van der Waals surface area contributed by atoms with E-state index in [-0.39, 0.29) is 34.0 Å². The van der Waals surface area contributed by atoms with Crippen molar-refractivity contribution in [3.8, 4) is 11.3 Å². The van der Waals surface area contributed by atoms with Crippen molar-refractivity contribution in [2.24, 2.45) is 5.92 Å². The molecule has 4 atom stereocenters. The van der Waals surface area contributed by atoms with Crippen LogP contribution in [0.3, 0.4) is 0 Å². The fourth-order valence-corrected chi connectivity index (χ4v) is 5.83. The van der Waals surface area contributed by atoms with E-state index in [1.807, 2.05) is 6.08 Å².